The van der Waals surface area contributed by atoms with Crippen LogP contribution in [0.1, 0.15) is 31.2 Å². The van der Waals surface area contributed by atoms with Gasteiger partial charge in [-0.2, -0.15) is 0 Å². The number of amides is 1. The van der Waals surface area contributed by atoms with Gasteiger partial charge in [-0.15, -0.1) is 0 Å². The van der Waals surface area contributed by atoms with Crippen LogP contribution in [0.15, 0.2) is 24.3 Å². The highest BCUT2D eigenvalue weighted by Gasteiger charge is 2.21. The van der Waals surface area contributed by atoms with Gasteiger partial charge in [-0.05, 0) is 36.5 Å². The Balaban J connectivity index is 2.01. The molecule has 2 rings (SSSR count). The van der Waals surface area contributed by atoms with Crippen molar-refractivity contribution in [2.24, 2.45) is 0 Å². The molecular formula is C13H18N2O. The van der Waals surface area contributed by atoms with Crippen molar-refractivity contribution in [1.29, 1.82) is 0 Å². The van der Waals surface area contributed by atoms with E-state index in [1.54, 1.807) is 6.92 Å². The predicted molar refractivity (Wildman–Crippen MR) is 65.1 cm³/mol. The van der Waals surface area contributed by atoms with E-state index in [-0.39, 0.29) is 5.91 Å². The van der Waals surface area contributed by atoms with Gasteiger partial charge in [0.2, 0.25) is 5.91 Å². The van der Waals surface area contributed by atoms with Crippen molar-refractivity contribution < 1.29 is 4.79 Å². The molecular weight excluding hydrogens is 200 g/mol. The lowest BCUT2D eigenvalue weighted by molar-refractivity contribution is -0.129. The van der Waals surface area contributed by atoms with Gasteiger partial charge >= 0.3 is 0 Å². The highest BCUT2D eigenvalue weighted by Crippen LogP contribution is 2.28. The molecule has 1 aliphatic rings. The number of nitrogens with two attached hydrogens (primary N) is 1. The van der Waals surface area contributed by atoms with E-state index in [1.807, 2.05) is 23.1 Å². The summed E-state index contributed by atoms with van der Waals surface area (Å²) in [5.41, 5.74) is 7.91. The highest BCUT2D eigenvalue weighted by molar-refractivity contribution is 5.73. The minimum Gasteiger partial charge on any atom is -0.399 e. The number of piperidine rings is 1. The number of rotatable bonds is 1. The Bertz CT molecular complexity index is 381. The molecule has 0 aromatic heterocycles. The molecule has 2 N–H and O–H groups in total. The van der Waals surface area contributed by atoms with E-state index in [0.29, 0.717) is 5.92 Å². The van der Waals surface area contributed by atoms with Crippen molar-refractivity contribution in [1.82, 2.24) is 4.90 Å². The second kappa shape index (κ2) is 4.56. The summed E-state index contributed by atoms with van der Waals surface area (Å²) in [5, 5.41) is 0. The van der Waals surface area contributed by atoms with Crippen LogP contribution >= 0.6 is 0 Å². The molecule has 86 valence electrons. The number of carbonyl (C=O) groups excluding carboxylic acids is 1. The third kappa shape index (κ3) is 2.35. The number of nitrogen functional groups attached to an aromatic ring is 1. The molecule has 0 saturated carbocycles. The molecule has 0 unspecified atom stereocenters. The lowest BCUT2D eigenvalue weighted by Gasteiger charge is -2.31. The molecule has 0 atom stereocenters. The molecule has 0 aliphatic carbocycles. The summed E-state index contributed by atoms with van der Waals surface area (Å²) in [7, 11) is 0. The van der Waals surface area contributed by atoms with Gasteiger partial charge in [-0.3, -0.25) is 4.79 Å². The molecule has 0 bridgehead atoms. The molecule has 1 aromatic carbocycles. The van der Waals surface area contributed by atoms with E-state index in [2.05, 4.69) is 6.07 Å². The summed E-state index contributed by atoms with van der Waals surface area (Å²) in [6.45, 7) is 3.38. The molecule has 1 amide bonds. The van der Waals surface area contributed by atoms with Gasteiger partial charge in [-0.1, -0.05) is 12.1 Å². The fourth-order valence-electron chi connectivity index (χ4n) is 2.34. The largest absolute Gasteiger partial charge is 0.399 e. The first kappa shape index (κ1) is 11.0. The second-order valence-corrected chi connectivity index (χ2v) is 4.45. The molecule has 0 radical (unpaired) electrons. The summed E-state index contributed by atoms with van der Waals surface area (Å²) in [6, 6.07) is 8.09. The van der Waals surface area contributed by atoms with Crippen LogP contribution in [-0.2, 0) is 4.79 Å². The first-order chi connectivity index (χ1) is 7.66. The highest BCUT2D eigenvalue weighted by atomic mass is 16.2. The van der Waals surface area contributed by atoms with Crippen LogP contribution in [0.3, 0.4) is 0 Å². The monoisotopic (exact) mass is 218 g/mol. The molecule has 1 heterocycles. The lowest BCUT2D eigenvalue weighted by Crippen LogP contribution is -2.36. The van der Waals surface area contributed by atoms with Crippen LogP contribution < -0.4 is 5.73 Å². The molecule has 3 nitrogen and oxygen atoms in total. The van der Waals surface area contributed by atoms with Crippen LogP contribution in [0.5, 0.6) is 0 Å². The Morgan fingerprint density at radius 1 is 1.38 bits per heavy atom. The third-order valence-corrected chi connectivity index (χ3v) is 3.32. The minimum absolute atomic E-state index is 0.186. The maximum atomic E-state index is 11.2. The summed E-state index contributed by atoms with van der Waals surface area (Å²) in [4.78, 5) is 13.1. The van der Waals surface area contributed by atoms with Crippen molar-refractivity contribution in [3.05, 3.63) is 29.8 Å². The van der Waals surface area contributed by atoms with Crippen LogP contribution in [0.2, 0.25) is 0 Å². The van der Waals surface area contributed by atoms with Gasteiger partial charge in [-0.25, -0.2) is 0 Å². The number of carbonyl (C=O) groups is 1. The van der Waals surface area contributed by atoms with Gasteiger partial charge in [0.1, 0.15) is 0 Å². The maximum absolute atomic E-state index is 11.2. The standard InChI is InChI=1S/C13H18N2O/c1-10(16)15-7-5-11(6-8-15)12-3-2-4-13(14)9-12/h2-4,9,11H,5-8,14H2,1H3. The van der Waals surface area contributed by atoms with Crippen molar-refractivity contribution in [2.75, 3.05) is 18.8 Å². The zero-order chi connectivity index (χ0) is 11.5. The van der Waals surface area contributed by atoms with E-state index in [0.717, 1.165) is 31.6 Å². The van der Waals surface area contributed by atoms with Crippen LogP contribution in [0, 0.1) is 0 Å². The maximum Gasteiger partial charge on any atom is 0.219 e. The van der Waals surface area contributed by atoms with Gasteiger partial charge in [0.25, 0.3) is 0 Å². The van der Waals surface area contributed by atoms with Gasteiger partial charge in [0, 0.05) is 25.7 Å². The van der Waals surface area contributed by atoms with Crippen molar-refractivity contribution >= 4 is 11.6 Å². The van der Waals surface area contributed by atoms with Gasteiger partial charge in [0.15, 0.2) is 0 Å². The molecule has 1 aromatic rings. The first-order valence-corrected chi connectivity index (χ1v) is 5.78. The second-order valence-electron chi connectivity index (χ2n) is 4.45. The van der Waals surface area contributed by atoms with E-state index in [9.17, 15) is 4.79 Å². The summed E-state index contributed by atoms with van der Waals surface area (Å²) in [5.74, 6) is 0.741. The van der Waals surface area contributed by atoms with Crippen molar-refractivity contribution in [2.45, 2.75) is 25.7 Å². The average molecular weight is 218 g/mol. The molecule has 1 aliphatic heterocycles. The first-order valence-electron chi connectivity index (χ1n) is 5.78. The van der Waals surface area contributed by atoms with E-state index < -0.39 is 0 Å². The third-order valence-electron chi connectivity index (χ3n) is 3.32. The predicted octanol–water partition coefficient (Wildman–Crippen LogP) is 1.99. The van der Waals surface area contributed by atoms with Crippen LogP contribution in [0.4, 0.5) is 5.69 Å². The number of anilines is 1. The number of likely N-dealkylation sites (tertiary alicyclic amines) is 1. The van der Waals surface area contributed by atoms with Gasteiger partial charge < -0.3 is 10.6 Å². The number of hydrogen-bond donors (Lipinski definition) is 1. The Kier molecular flexibility index (Phi) is 3.13. The zero-order valence-corrected chi connectivity index (χ0v) is 9.65. The van der Waals surface area contributed by atoms with Gasteiger partial charge in [0.05, 0.1) is 0 Å². The minimum atomic E-state index is 0.186. The van der Waals surface area contributed by atoms with Crippen LogP contribution in [-0.4, -0.2) is 23.9 Å². The molecule has 1 saturated heterocycles. The molecule has 1 fully saturated rings. The Hall–Kier alpha value is -1.51. The number of benzene rings is 1. The quantitative estimate of drug-likeness (QED) is 0.733. The average Bonchev–Trinajstić information content (AvgIpc) is 2.29. The van der Waals surface area contributed by atoms with E-state index in [4.69, 9.17) is 5.73 Å². The zero-order valence-electron chi connectivity index (χ0n) is 9.65. The fraction of sp³-hybridized carbons (Fsp3) is 0.462. The topological polar surface area (TPSA) is 46.3 Å². The van der Waals surface area contributed by atoms with Crippen molar-refractivity contribution in [3.8, 4) is 0 Å². The fourth-order valence-corrected chi connectivity index (χ4v) is 2.34. The van der Waals surface area contributed by atoms with Crippen molar-refractivity contribution in [3.63, 3.8) is 0 Å². The summed E-state index contributed by atoms with van der Waals surface area (Å²) < 4.78 is 0. The molecule has 0 spiro atoms. The number of hydrogen-bond acceptors (Lipinski definition) is 2. The Morgan fingerprint density at radius 2 is 2.06 bits per heavy atom. The molecule has 3 heteroatoms. The lowest BCUT2D eigenvalue weighted by atomic mass is 9.89. The Morgan fingerprint density at radius 3 is 2.62 bits per heavy atom. The smallest absolute Gasteiger partial charge is 0.219 e. The summed E-state index contributed by atoms with van der Waals surface area (Å²) >= 11 is 0. The number of nitrogens with zero attached hydrogens (tertiary/aromatic N) is 1. The summed E-state index contributed by atoms with van der Waals surface area (Å²) in [6.07, 6.45) is 2.09. The normalized spacial score (nSPS) is 17.4. The SMILES string of the molecule is CC(=O)N1CCC(c2cccc(N)c2)CC1. The van der Waals surface area contributed by atoms with E-state index in [1.165, 1.54) is 5.56 Å². The van der Waals surface area contributed by atoms with Crippen LogP contribution in [0.25, 0.3) is 0 Å². The van der Waals surface area contributed by atoms with E-state index >= 15 is 0 Å². The molecule has 16 heavy (non-hydrogen) atoms. The Labute approximate surface area is 96.2 Å².